The minimum Gasteiger partial charge on any atom is -0.494 e. The summed E-state index contributed by atoms with van der Waals surface area (Å²) in [6, 6.07) is 20.6. The normalized spacial score (nSPS) is 12.1. The van der Waals surface area contributed by atoms with Gasteiger partial charge >= 0.3 is 0 Å². The first kappa shape index (κ1) is 23.7. The Labute approximate surface area is 202 Å². The van der Waals surface area contributed by atoms with Crippen LogP contribution >= 0.6 is 11.3 Å². The van der Waals surface area contributed by atoms with Crippen molar-refractivity contribution < 1.29 is 17.9 Å². The number of benzene rings is 3. The quantitative estimate of drug-likeness (QED) is 0.375. The summed E-state index contributed by atoms with van der Waals surface area (Å²) in [6.45, 7) is 4.57. The molecule has 1 aromatic heterocycles. The zero-order valence-corrected chi connectivity index (χ0v) is 20.8. The highest BCUT2D eigenvalue weighted by molar-refractivity contribution is 7.92. The smallest absolute Gasteiger partial charge is 0.279 e. The fourth-order valence-electron chi connectivity index (χ4n) is 3.61. The number of carbonyl (C=O) groups is 1. The maximum Gasteiger partial charge on any atom is 0.279 e. The lowest BCUT2D eigenvalue weighted by Crippen LogP contribution is -2.30. The highest BCUT2D eigenvalue weighted by Gasteiger charge is 2.23. The van der Waals surface area contributed by atoms with E-state index in [9.17, 15) is 13.2 Å². The first-order valence-electron chi connectivity index (χ1n) is 10.8. The molecule has 4 aromatic rings. The Morgan fingerprint density at radius 2 is 1.74 bits per heavy atom. The van der Waals surface area contributed by atoms with Crippen LogP contribution < -0.4 is 13.8 Å². The molecule has 1 amide bonds. The van der Waals surface area contributed by atoms with Gasteiger partial charge in [0.25, 0.3) is 15.9 Å². The van der Waals surface area contributed by atoms with E-state index in [4.69, 9.17) is 4.74 Å². The number of amides is 1. The maximum atomic E-state index is 13.2. The third-order valence-electron chi connectivity index (χ3n) is 5.31. The number of nitrogens with zero attached hydrogens (tertiary/aromatic N) is 3. The fourth-order valence-corrected chi connectivity index (χ4v) is 6.13. The Morgan fingerprint density at radius 3 is 2.38 bits per heavy atom. The number of hydrogen-bond donors (Lipinski definition) is 0. The lowest BCUT2D eigenvalue weighted by atomic mass is 10.2. The van der Waals surface area contributed by atoms with Crippen LogP contribution in [0.2, 0.25) is 0 Å². The molecule has 0 N–H and O–H groups in total. The van der Waals surface area contributed by atoms with E-state index in [1.807, 2.05) is 42.8 Å². The van der Waals surface area contributed by atoms with E-state index in [-0.39, 0.29) is 11.4 Å². The minimum atomic E-state index is -3.76. The molecule has 4 rings (SSSR count). The number of para-hydroxylation sites is 1. The van der Waals surface area contributed by atoms with Crippen LogP contribution in [0.15, 0.2) is 82.7 Å². The highest BCUT2D eigenvalue weighted by Crippen LogP contribution is 2.24. The van der Waals surface area contributed by atoms with Gasteiger partial charge in [0.15, 0.2) is 4.80 Å². The second-order valence-corrected chi connectivity index (χ2v) is 10.3. The average molecular weight is 496 g/mol. The fraction of sp³-hybridized carbons (Fsp3) is 0.200. The molecule has 0 aliphatic rings. The summed E-state index contributed by atoms with van der Waals surface area (Å²) in [5.74, 6) is 0.328. The van der Waals surface area contributed by atoms with Crippen molar-refractivity contribution in [3.63, 3.8) is 0 Å². The van der Waals surface area contributed by atoms with Gasteiger partial charge < -0.3 is 9.30 Å². The molecular formula is C25H25N3O4S2. The number of rotatable bonds is 7. The van der Waals surface area contributed by atoms with Gasteiger partial charge in [-0.3, -0.25) is 9.10 Å². The van der Waals surface area contributed by atoms with Gasteiger partial charge in [-0.1, -0.05) is 29.5 Å². The number of sulfonamides is 1. The van der Waals surface area contributed by atoms with Crippen LogP contribution in [0, 0.1) is 0 Å². The first-order valence-corrected chi connectivity index (χ1v) is 13.1. The summed E-state index contributed by atoms with van der Waals surface area (Å²) in [5, 5.41) is 0. The Morgan fingerprint density at radius 1 is 1.03 bits per heavy atom. The number of aryl methyl sites for hydroxylation is 1. The topological polar surface area (TPSA) is 81.0 Å². The standard InChI is InChI=1S/C25H25N3O4S2/c1-4-28(19-9-7-6-8-10-19)34(30,31)21-14-11-18(12-15-21)24(29)26-25-27(3)22-16-13-20(32-5-2)17-23(22)33-25/h6-17H,4-5H2,1-3H3. The van der Waals surface area contributed by atoms with Crippen molar-refractivity contribution in [3.05, 3.63) is 83.2 Å². The third-order valence-corrected chi connectivity index (χ3v) is 8.32. The third kappa shape index (κ3) is 4.62. The van der Waals surface area contributed by atoms with Crippen molar-refractivity contribution in [2.24, 2.45) is 12.0 Å². The SMILES string of the molecule is CCOc1ccc2c(c1)sc(=NC(=O)c1ccc(S(=O)(=O)N(CC)c3ccccc3)cc1)n2C. The number of aromatic nitrogens is 1. The lowest BCUT2D eigenvalue weighted by Gasteiger charge is -2.22. The summed E-state index contributed by atoms with van der Waals surface area (Å²) in [7, 11) is -1.91. The summed E-state index contributed by atoms with van der Waals surface area (Å²) in [6.07, 6.45) is 0. The van der Waals surface area contributed by atoms with E-state index >= 15 is 0 Å². The molecule has 0 fully saturated rings. The van der Waals surface area contributed by atoms with E-state index < -0.39 is 15.9 Å². The van der Waals surface area contributed by atoms with E-state index in [2.05, 4.69) is 4.99 Å². The molecule has 0 aliphatic carbocycles. The van der Waals surface area contributed by atoms with E-state index in [0.29, 0.717) is 22.7 Å². The second-order valence-electron chi connectivity index (χ2n) is 7.45. The van der Waals surface area contributed by atoms with Crippen molar-refractivity contribution in [2.75, 3.05) is 17.5 Å². The van der Waals surface area contributed by atoms with Crippen molar-refractivity contribution >= 4 is 43.2 Å². The molecule has 0 bridgehead atoms. The number of thiazole rings is 1. The average Bonchev–Trinajstić information content (AvgIpc) is 3.14. The summed E-state index contributed by atoms with van der Waals surface area (Å²) in [5.41, 5.74) is 1.85. The van der Waals surface area contributed by atoms with E-state index in [0.717, 1.165) is 16.0 Å². The van der Waals surface area contributed by atoms with Gasteiger partial charge in [0.1, 0.15) is 5.75 Å². The maximum absolute atomic E-state index is 13.2. The zero-order chi connectivity index (χ0) is 24.3. The molecule has 0 saturated carbocycles. The molecule has 176 valence electrons. The largest absolute Gasteiger partial charge is 0.494 e. The van der Waals surface area contributed by atoms with E-state index in [1.54, 1.807) is 31.2 Å². The van der Waals surface area contributed by atoms with Crippen LogP contribution in [0.5, 0.6) is 5.75 Å². The van der Waals surface area contributed by atoms with Gasteiger partial charge in [0.05, 0.1) is 27.4 Å². The van der Waals surface area contributed by atoms with Crippen molar-refractivity contribution in [1.82, 2.24) is 4.57 Å². The summed E-state index contributed by atoms with van der Waals surface area (Å²) < 4.78 is 36.0. The molecular weight excluding hydrogens is 470 g/mol. The number of anilines is 1. The monoisotopic (exact) mass is 495 g/mol. The number of fused-ring (bicyclic) bond motifs is 1. The summed E-state index contributed by atoms with van der Waals surface area (Å²) in [4.78, 5) is 17.8. The highest BCUT2D eigenvalue weighted by atomic mass is 32.2. The molecule has 9 heteroatoms. The van der Waals surface area contributed by atoms with Gasteiger partial charge in [-0.15, -0.1) is 0 Å². The number of carbonyl (C=O) groups excluding carboxylic acids is 1. The van der Waals surface area contributed by atoms with Crippen molar-refractivity contribution in [2.45, 2.75) is 18.7 Å². The molecule has 0 unspecified atom stereocenters. The molecule has 34 heavy (non-hydrogen) atoms. The van der Waals surface area contributed by atoms with Gasteiger partial charge in [-0.25, -0.2) is 8.42 Å². The van der Waals surface area contributed by atoms with Crippen LogP contribution in [0.4, 0.5) is 5.69 Å². The molecule has 0 radical (unpaired) electrons. The predicted octanol–water partition coefficient (Wildman–Crippen LogP) is 4.59. The molecule has 7 nitrogen and oxygen atoms in total. The van der Waals surface area contributed by atoms with E-state index in [1.165, 1.54) is 39.9 Å². The van der Waals surface area contributed by atoms with Gasteiger partial charge in [0, 0.05) is 19.2 Å². The van der Waals surface area contributed by atoms with Gasteiger partial charge in [-0.2, -0.15) is 4.99 Å². The van der Waals surface area contributed by atoms with Crippen LogP contribution in [0.25, 0.3) is 10.2 Å². The summed E-state index contributed by atoms with van der Waals surface area (Å²) >= 11 is 1.39. The molecule has 0 saturated heterocycles. The molecule has 0 aliphatic heterocycles. The van der Waals surface area contributed by atoms with Gasteiger partial charge in [0.2, 0.25) is 0 Å². The van der Waals surface area contributed by atoms with Crippen LogP contribution in [0.1, 0.15) is 24.2 Å². The van der Waals surface area contributed by atoms with Crippen LogP contribution in [-0.4, -0.2) is 32.0 Å². The van der Waals surface area contributed by atoms with Crippen LogP contribution in [-0.2, 0) is 17.1 Å². The Kier molecular flexibility index (Phi) is 6.85. The Bertz CT molecular complexity index is 1490. The minimum absolute atomic E-state index is 0.116. The number of ether oxygens (including phenoxy) is 1. The molecule has 1 heterocycles. The lowest BCUT2D eigenvalue weighted by molar-refractivity contribution is 0.0998. The molecule has 0 atom stereocenters. The molecule has 0 spiro atoms. The van der Waals surface area contributed by atoms with Crippen molar-refractivity contribution in [3.8, 4) is 5.75 Å². The Hall–Kier alpha value is -3.43. The first-order chi connectivity index (χ1) is 16.3. The number of hydrogen-bond acceptors (Lipinski definition) is 5. The zero-order valence-electron chi connectivity index (χ0n) is 19.1. The predicted molar refractivity (Wildman–Crippen MR) is 135 cm³/mol. The van der Waals surface area contributed by atoms with Gasteiger partial charge in [-0.05, 0) is 68.4 Å². The second kappa shape index (κ2) is 9.82. The Balaban J connectivity index is 1.62. The van der Waals surface area contributed by atoms with Crippen molar-refractivity contribution in [1.29, 1.82) is 0 Å². The molecule has 3 aromatic carbocycles. The van der Waals surface area contributed by atoms with Crippen LogP contribution in [0.3, 0.4) is 0 Å².